The van der Waals surface area contributed by atoms with Gasteiger partial charge in [-0.3, -0.25) is 14.5 Å². The molecule has 0 spiro atoms. The average Bonchev–Trinajstić information content (AvgIpc) is 3.76. The molecule has 0 radical (unpaired) electrons. The fraction of sp³-hybridized carbons (Fsp3) is 0.233. The Bertz CT molecular complexity index is 1700. The number of aryl methyl sites for hydroxylation is 1. The van der Waals surface area contributed by atoms with Crippen LogP contribution in [0, 0.1) is 12.8 Å². The van der Waals surface area contributed by atoms with Gasteiger partial charge < -0.3 is 10.6 Å². The van der Waals surface area contributed by atoms with Gasteiger partial charge in [0.15, 0.2) is 5.82 Å². The number of hydrogen-bond donors (Lipinski definition) is 3. The average molecular weight is 540 g/mol. The number of aromatic nitrogens is 2. The Hall–Kier alpha value is -4.08. The largest absolute Gasteiger partial charge is 0.326 e. The van der Waals surface area contributed by atoms with E-state index in [1.165, 1.54) is 6.20 Å². The SMILES string of the molecule is Cc1cccc2ccc(NC(=O)[C@@H]3CC3c3ccc(S(=O)(=O)Nc4cncc(C5=CCNCC5)n4)cc3)cc12. The first kappa shape index (κ1) is 25.2. The Morgan fingerprint density at radius 1 is 1.05 bits per heavy atom. The fourth-order valence-corrected chi connectivity index (χ4v) is 6.10. The maximum atomic E-state index is 13.0. The molecule has 9 heteroatoms. The lowest BCUT2D eigenvalue weighted by atomic mass is 10.0. The molecule has 1 unspecified atom stereocenters. The molecule has 1 fully saturated rings. The van der Waals surface area contributed by atoms with Crippen molar-refractivity contribution in [2.75, 3.05) is 23.1 Å². The molecule has 2 atom stereocenters. The summed E-state index contributed by atoms with van der Waals surface area (Å²) in [6.07, 6.45) is 6.64. The number of rotatable bonds is 7. The van der Waals surface area contributed by atoms with Gasteiger partial charge in [-0.2, -0.15) is 0 Å². The normalized spacial score (nSPS) is 18.8. The summed E-state index contributed by atoms with van der Waals surface area (Å²) < 4.78 is 28.6. The topological polar surface area (TPSA) is 113 Å². The zero-order chi connectivity index (χ0) is 27.0. The summed E-state index contributed by atoms with van der Waals surface area (Å²) in [4.78, 5) is 21.7. The van der Waals surface area contributed by atoms with Crippen LogP contribution in [0.5, 0.6) is 0 Å². The van der Waals surface area contributed by atoms with Gasteiger partial charge in [0.25, 0.3) is 10.0 Å². The van der Waals surface area contributed by atoms with Crippen molar-refractivity contribution >= 4 is 43.8 Å². The lowest BCUT2D eigenvalue weighted by Gasteiger charge is -2.14. The number of benzene rings is 3. The van der Waals surface area contributed by atoms with E-state index < -0.39 is 10.0 Å². The molecule has 1 amide bonds. The number of nitrogens with one attached hydrogen (secondary N) is 3. The lowest BCUT2D eigenvalue weighted by molar-refractivity contribution is -0.117. The molecule has 0 saturated heterocycles. The number of carbonyl (C=O) groups excluding carboxylic acids is 1. The van der Waals surface area contributed by atoms with Crippen molar-refractivity contribution in [3.05, 3.63) is 96.0 Å². The number of hydrogen-bond acceptors (Lipinski definition) is 6. The second-order valence-electron chi connectivity index (χ2n) is 10.1. The summed E-state index contributed by atoms with van der Waals surface area (Å²) in [6, 6.07) is 18.8. The highest BCUT2D eigenvalue weighted by atomic mass is 32.2. The lowest BCUT2D eigenvalue weighted by Crippen LogP contribution is -2.20. The maximum Gasteiger partial charge on any atom is 0.263 e. The minimum Gasteiger partial charge on any atom is -0.326 e. The number of fused-ring (bicyclic) bond motifs is 1. The van der Waals surface area contributed by atoms with E-state index in [4.69, 9.17) is 0 Å². The first-order valence-electron chi connectivity index (χ1n) is 13.0. The molecule has 8 nitrogen and oxygen atoms in total. The van der Waals surface area contributed by atoms with Crippen LogP contribution in [-0.2, 0) is 14.8 Å². The predicted molar refractivity (Wildman–Crippen MR) is 153 cm³/mol. The van der Waals surface area contributed by atoms with Crippen molar-refractivity contribution in [2.45, 2.75) is 30.6 Å². The third-order valence-electron chi connectivity index (χ3n) is 7.38. The van der Waals surface area contributed by atoms with Gasteiger partial charge in [-0.05, 0) is 84.0 Å². The van der Waals surface area contributed by atoms with Crippen LogP contribution in [-0.4, -0.2) is 37.4 Å². The molecule has 2 heterocycles. The molecule has 3 N–H and O–H groups in total. The van der Waals surface area contributed by atoms with Crippen LogP contribution < -0.4 is 15.4 Å². The Morgan fingerprint density at radius 2 is 1.90 bits per heavy atom. The highest BCUT2D eigenvalue weighted by molar-refractivity contribution is 7.92. The van der Waals surface area contributed by atoms with Crippen molar-refractivity contribution in [2.24, 2.45) is 5.92 Å². The fourth-order valence-electron chi connectivity index (χ4n) is 5.11. The monoisotopic (exact) mass is 539 g/mol. The summed E-state index contributed by atoms with van der Waals surface area (Å²) >= 11 is 0. The van der Waals surface area contributed by atoms with E-state index in [2.05, 4.69) is 44.4 Å². The second kappa shape index (κ2) is 10.2. The minimum atomic E-state index is -3.84. The minimum absolute atomic E-state index is 0.0198. The van der Waals surface area contributed by atoms with Crippen LogP contribution in [0.1, 0.15) is 35.6 Å². The number of amides is 1. The molecule has 3 aromatic carbocycles. The van der Waals surface area contributed by atoms with Crippen LogP contribution in [0.25, 0.3) is 16.3 Å². The van der Waals surface area contributed by atoms with Gasteiger partial charge in [0.2, 0.25) is 5.91 Å². The van der Waals surface area contributed by atoms with Gasteiger partial charge in [0.05, 0.1) is 23.0 Å². The van der Waals surface area contributed by atoms with Crippen LogP contribution >= 0.6 is 0 Å². The smallest absolute Gasteiger partial charge is 0.263 e. The summed E-state index contributed by atoms with van der Waals surface area (Å²) in [5.74, 6) is 0.0885. The second-order valence-corrected chi connectivity index (χ2v) is 11.8. The summed E-state index contributed by atoms with van der Waals surface area (Å²) in [7, 11) is -3.84. The Balaban J connectivity index is 1.10. The molecule has 4 aromatic rings. The van der Waals surface area contributed by atoms with Crippen molar-refractivity contribution in [3.8, 4) is 0 Å². The van der Waals surface area contributed by atoms with Crippen LogP contribution in [0.4, 0.5) is 11.5 Å². The third kappa shape index (κ3) is 5.41. The third-order valence-corrected chi connectivity index (χ3v) is 8.75. The zero-order valence-corrected chi connectivity index (χ0v) is 22.3. The van der Waals surface area contributed by atoms with Gasteiger partial charge >= 0.3 is 0 Å². The van der Waals surface area contributed by atoms with Gasteiger partial charge in [-0.15, -0.1) is 0 Å². The van der Waals surface area contributed by atoms with Crippen molar-refractivity contribution in [1.82, 2.24) is 15.3 Å². The highest BCUT2D eigenvalue weighted by Crippen LogP contribution is 2.48. The first-order chi connectivity index (χ1) is 18.9. The summed E-state index contributed by atoms with van der Waals surface area (Å²) in [6.45, 7) is 3.66. The predicted octanol–water partition coefficient (Wildman–Crippen LogP) is 4.86. The van der Waals surface area contributed by atoms with Crippen molar-refractivity contribution < 1.29 is 13.2 Å². The number of nitrogens with zero attached hydrogens (tertiary/aromatic N) is 2. The van der Waals surface area contributed by atoms with E-state index >= 15 is 0 Å². The summed E-state index contributed by atoms with van der Waals surface area (Å²) in [5, 5.41) is 8.55. The maximum absolute atomic E-state index is 13.0. The van der Waals surface area contributed by atoms with E-state index in [1.807, 2.05) is 30.3 Å². The van der Waals surface area contributed by atoms with Gasteiger partial charge in [0, 0.05) is 18.2 Å². The molecule has 39 heavy (non-hydrogen) atoms. The Labute approximate surface area is 227 Å². The number of carbonyl (C=O) groups is 1. The van der Waals surface area contributed by atoms with Gasteiger partial charge in [-0.25, -0.2) is 13.4 Å². The Kier molecular flexibility index (Phi) is 6.62. The summed E-state index contributed by atoms with van der Waals surface area (Å²) in [5.41, 5.74) is 4.61. The van der Waals surface area contributed by atoms with Crippen molar-refractivity contribution in [3.63, 3.8) is 0 Å². The molecule has 1 aliphatic heterocycles. The molecule has 1 saturated carbocycles. The number of sulfonamides is 1. The van der Waals surface area contributed by atoms with E-state index in [-0.39, 0.29) is 28.5 Å². The van der Waals surface area contributed by atoms with E-state index in [1.54, 1.807) is 30.5 Å². The van der Waals surface area contributed by atoms with Gasteiger partial charge in [0.1, 0.15) is 0 Å². The first-order valence-corrected chi connectivity index (χ1v) is 14.5. The number of anilines is 2. The molecular formula is C30H29N5O3S. The molecule has 6 rings (SSSR count). The molecule has 1 aliphatic carbocycles. The molecule has 1 aromatic heterocycles. The van der Waals surface area contributed by atoms with Gasteiger partial charge in [-0.1, -0.05) is 42.5 Å². The van der Waals surface area contributed by atoms with E-state index in [9.17, 15) is 13.2 Å². The zero-order valence-electron chi connectivity index (χ0n) is 21.5. The van der Waals surface area contributed by atoms with Crippen LogP contribution in [0.3, 0.4) is 0 Å². The van der Waals surface area contributed by atoms with Crippen LogP contribution in [0.2, 0.25) is 0 Å². The van der Waals surface area contributed by atoms with Crippen LogP contribution in [0.15, 0.2) is 84.0 Å². The molecule has 198 valence electrons. The van der Waals surface area contributed by atoms with E-state index in [0.717, 1.165) is 59.1 Å². The molecule has 2 aliphatic rings. The Morgan fingerprint density at radius 3 is 2.69 bits per heavy atom. The van der Waals surface area contributed by atoms with Crippen molar-refractivity contribution in [1.29, 1.82) is 0 Å². The molecular weight excluding hydrogens is 510 g/mol. The molecule has 0 bridgehead atoms. The van der Waals surface area contributed by atoms with E-state index in [0.29, 0.717) is 5.69 Å². The standard InChI is InChI=1S/C30H29N5O3S/c1-19-3-2-4-20-5-8-23(15-25(19)20)33-30(36)27-16-26(27)21-6-9-24(10-7-21)39(37,38)35-29-18-32-17-28(34-29)22-11-13-31-14-12-22/h2-11,15,17-18,26-27,31H,12-14,16H2,1H3,(H,33,36)(H,34,35)/t26?,27-/m1/s1. The highest BCUT2D eigenvalue weighted by Gasteiger charge is 2.44. The quantitative estimate of drug-likeness (QED) is 0.309.